The maximum atomic E-state index is 13.6. The number of ether oxygens (including phenoxy) is 2. The number of methoxy groups -OCH3 is 1. The molecular formula is C29H40Cl2N6O3. The monoisotopic (exact) mass is 590 g/mol. The lowest BCUT2D eigenvalue weighted by Gasteiger charge is -2.30. The maximum Gasteiger partial charge on any atom is 0.277 e. The number of unbranched alkanes of at least 4 members (excludes halogenated alkanes) is 1. The predicted octanol–water partition coefficient (Wildman–Crippen LogP) is -4.77. The molecule has 0 atom stereocenters. The Hall–Kier alpha value is -2.85. The Kier molecular flexibility index (Phi) is 11.2. The van der Waals surface area contributed by atoms with Gasteiger partial charge in [-0.15, -0.1) is 0 Å². The molecule has 1 aliphatic rings. The van der Waals surface area contributed by atoms with Gasteiger partial charge in [-0.2, -0.15) is 4.98 Å². The topological polar surface area (TPSA) is 79.5 Å². The Labute approximate surface area is 247 Å². The molecule has 9 nitrogen and oxygen atoms in total. The standard InChI is InChI=1S/C29H38N6O3.2ClH/c1-5-25-30-21(3)27-29(36)34(23-13-14-26(37-4)31-28(23)35(25)27)16-10-9-15-32-17-19-33(20-18-32)22-11-7-8-12-24(22)38-6-2;;/h7-8,11-14H,5-6,9-10,15-20H2,1-4H3;2*1H. The first-order valence-electron chi connectivity index (χ1n) is 13.9. The summed E-state index contributed by atoms with van der Waals surface area (Å²) in [6.07, 6.45) is 2.74. The largest absolute Gasteiger partial charge is 1.00 e. The number of fused-ring (bicyclic) bond motifs is 3. The van der Waals surface area contributed by atoms with Crippen molar-refractivity contribution in [2.45, 2.75) is 46.6 Å². The van der Waals surface area contributed by atoms with Crippen molar-refractivity contribution in [3.63, 3.8) is 0 Å². The van der Waals surface area contributed by atoms with Crippen LogP contribution >= 0.6 is 0 Å². The number of quaternary nitrogens is 2. The number of hydrogen-bond acceptors (Lipinski definition) is 5. The average molecular weight is 592 g/mol. The van der Waals surface area contributed by atoms with E-state index in [4.69, 9.17) is 14.5 Å². The Bertz CT molecular complexity index is 1480. The predicted molar refractivity (Wildman–Crippen MR) is 148 cm³/mol. The number of imidazole rings is 1. The number of pyridine rings is 1. The van der Waals surface area contributed by atoms with Crippen LogP contribution in [0.15, 0.2) is 41.2 Å². The summed E-state index contributed by atoms with van der Waals surface area (Å²) in [6.45, 7) is 13.0. The molecule has 40 heavy (non-hydrogen) atoms. The van der Waals surface area contributed by atoms with Crippen molar-refractivity contribution in [3.05, 3.63) is 58.3 Å². The van der Waals surface area contributed by atoms with Crippen LogP contribution in [-0.2, 0) is 13.0 Å². The second-order valence-electron chi connectivity index (χ2n) is 10.0. The summed E-state index contributed by atoms with van der Waals surface area (Å²) in [5, 5.41) is 0. The van der Waals surface area contributed by atoms with E-state index in [2.05, 4.69) is 23.2 Å². The normalized spacial score (nSPS) is 16.9. The molecule has 0 amide bonds. The van der Waals surface area contributed by atoms with Gasteiger partial charge in [0, 0.05) is 25.1 Å². The molecule has 0 unspecified atom stereocenters. The zero-order valence-electron chi connectivity index (χ0n) is 23.8. The maximum absolute atomic E-state index is 13.6. The van der Waals surface area contributed by atoms with Crippen LogP contribution in [0.5, 0.6) is 11.6 Å². The molecule has 0 saturated carbocycles. The zero-order chi connectivity index (χ0) is 26.6. The summed E-state index contributed by atoms with van der Waals surface area (Å²) in [5.41, 5.74) is 4.21. The van der Waals surface area contributed by atoms with Crippen molar-refractivity contribution in [3.8, 4) is 11.6 Å². The Morgan fingerprint density at radius 1 is 0.975 bits per heavy atom. The summed E-state index contributed by atoms with van der Waals surface area (Å²) in [7, 11) is 1.61. The van der Waals surface area contributed by atoms with E-state index in [0.717, 1.165) is 80.4 Å². The molecule has 1 saturated heterocycles. The van der Waals surface area contributed by atoms with Gasteiger partial charge >= 0.3 is 0 Å². The van der Waals surface area contributed by atoms with E-state index in [9.17, 15) is 4.79 Å². The lowest BCUT2D eigenvalue weighted by atomic mass is 10.2. The molecule has 0 spiro atoms. The van der Waals surface area contributed by atoms with Crippen molar-refractivity contribution < 1.29 is 44.1 Å². The fourth-order valence-electron chi connectivity index (χ4n) is 5.78. The van der Waals surface area contributed by atoms with E-state index in [1.165, 1.54) is 10.6 Å². The van der Waals surface area contributed by atoms with Crippen molar-refractivity contribution in [2.24, 2.45) is 0 Å². The van der Waals surface area contributed by atoms with Crippen LogP contribution in [0.25, 0.3) is 16.7 Å². The molecule has 5 rings (SSSR count). The average Bonchev–Trinajstić information content (AvgIpc) is 3.30. The molecule has 11 heteroatoms. The van der Waals surface area contributed by atoms with Crippen LogP contribution < -0.4 is 49.6 Å². The van der Waals surface area contributed by atoms with Gasteiger partial charge in [0.25, 0.3) is 5.56 Å². The quantitative estimate of drug-likeness (QED) is 0.181. The first-order chi connectivity index (χ1) is 18.5. The highest BCUT2D eigenvalue weighted by Crippen LogP contribution is 2.21. The smallest absolute Gasteiger partial charge is 0.277 e. The van der Waals surface area contributed by atoms with E-state index < -0.39 is 0 Å². The highest BCUT2D eigenvalue weighted by atomic mass is 35.5. The van der Waals surface area contributed by atoms with E-state index in [1.807, 2.05) is 47.9 Å². The summed E-state index contributed by atoms with van der Waals surface area (Å²) >= 11 is 0. The molecular weight excluding hydrogens is 551 g/mol. The van der Waals surface area contributed by atoms with Crippen LogP contribution in [0, 0.1) is 6.92 Å². The molecule has 0 aliphatic carbocycles. The van der Waals surface area contributed by atoms with E-state index in [0.29, 0.717) is 24.5 Å². The van der Waals surface area contributed by atoms with Gasteiger partial charge in [0.15, 0.2) is 17.1 Å². The fourth-order valence-corrected chi connectivity index (χ4v) is 5.78. The van der Waals surface area contributed by atoms with Crippen molar-refractivity contribution in [1.82, 2.24) is 18.9 Å². The number of rotatable bonds is 10. The number of benzene rings is 1. The molecule has 3 aromatic heterocycles. The molecule has 1 fully saturated rings. The number of aryl methyl sites for hydroxylation is 3. The van der Waals surface area contributed by atoms with Crippen LogP contribution in [0.3, 0.4) is 0 Å². The van der Waals surface area contributed by atoms with Gasteiger partial charge in [-0.1, -0.05) is 19.1 Å². The highest BCUT2D eigenvalue weighted by molar-refractivity contribution is 5.77. The van der Waals surface area contributed by atoms with Gasteiger partial charge in [-0.3, -0.25) is 14.1 Å². The Balaban J connectivity index is 0.00000220. The summed E-state index contributed by atoms with van der Waals surface area (Å²) in [5.74, 6) is 2.39. The van der Waals surface area contributed by atoms with Gasteiger partial charge in [0.1, 0.15) is 37.5 Å². The first-order valence-corrected chi connectivity index (χ1v) is 13.9. The number of piperazine rings is 1. The van der Waals surface area contributed by atoms with Gasteiger partial charge in [-0.05, 0) is 38.8 Å². The lowest BCUT2D eigenvalue weighted by molar-refractivity contribution is -0.986. The van der Waals surface area contributed by atoms with E-state index in [-0.39, 0.29) is 30.4 Å². The van der Waals surface area contributed by atoms with Crippen LogP contribution in [-0.4, -0.2) is 65.4 Å². The molecule has 2 N–H and O–H groups in total. The number of halogens is 2. The summed E-state index contributed by atoms with van der Waals surface area (Å²) in [4.78, 5) is 26.2. The van der Waals surface area contributed by atoms with Crippen molar-refractivity contribution in [2.75, 3.05) is 46.4 Å². The number of para-hydroxylation sites is 2. The molecule has 1 aromatic carbocycles. The van der Waals surface area contributed by atoms with Crippen LogP contribution in [0.4, 0.5) is 5.69 Å². The van der Waals surface area contributed by atoms with E-state index in [1.54, 1.807) is 12.0 Å². The first kappa shape index (κ1) is 31.7. The van der Waals surface area contributed by atoms with Crippen molar-refractivity contribution in [1.29, 1.82) is 0 Å². The third-order valence-corrected chi connectivity index (χ3v) is 7.72. The molecule has 1 aliphatic heterocycles. The second-order valence-corrected chi connectivity index (χ2v) is 10.0. The molecule has 0 bridgehead atoms. The Morgan fingerprint density at radius 2 is 1.73 bits per heavy atom. The third-order valence-electron chi connectivity index (χ3n) is 7.72. The minimum atomic E-state index is 0. The highest BCUT2D eigenvalue weighted by Gasteiger charge is 2.26. The minimum Gasteiger partial charge on any atom is -1.00 e. The number of hydrogen-bond donors (Lipinski definition) is 2. The Morgan fingerprint density at radius 3 is 2.42 bits per heavy atom. The SMILES string of the molecule is CCOc1ccccc1[NH+]1CC[NH+](CCCCn2c(=O)c3c(C)nc(CC)n3c3nc(OC)ccc32)CC1.[Cl-].[Cl-]. The van der Waals surface area contributed by atoms with Gasteiger partial charge in [0.2, 0.25) is 5.88 Å². The molecule has 4 aromatic rings. The zero-order valence-corrected chi connectivity index (χ0v) is 25.3. The van der Waals surface area contributed by atoms with Gasteiger partial charge in [0.05, 0.1) is 31.5 Å². The lowest BCUT2D eigenvalue weighted by Crippen LogP contribution is -3.26. The fraction of sp³-hybridized carbons (Fsp3) is 0.483. The number of aromatic nitrogens is 4. The minimum absolute atomic E-state index is 0. The summed E-state index contributed by atoms with van der Waals surface area (Å²) in [6, 6.07) is 12.2. The van der Waals surface area contributed by atoms with Crippen LogP contribution in [0.1, 0.15) is 38.2 Å². The second kappa shape index (κ2) is 14.2. The van der Waals surface area contributed by atoms with Crippen molar-refractivity contribution >= 4 is 22.4 Å². The molecule has 0 radical (unpaired) electrons. The molecule has 4 heterocycles. The van der Waals surface area contributed by atoms with Gasteiger partial charge in [-0.25, -0.2) is 4.98 Å². The third kappa shape index (κ3) is 6.22. The number of nitrogens with zero attached hydrogens (tertiary/aromatic N) is 4. The van der Waals surface area contributed by atoms with Gasteiger partial charge < -0.3 is 43.8 Å². The molecule has 218 valence electrons. The number of nitrogens with one attached hydrogen (secondary N) is 2. The van der Waals surface area contributed by atoms with E-state index >= 15 is 0 Å². The summed E-state index contributed by atoms with van der Waals surface area (Å²) < 4.78 is 15.1. The van der Waals surface area contributed by atoms with Crippen LogP contribution in [0.2, 0.25) is 0 Å².